The van der Waals surface area contributed by atoms with E-state index in [1.54, 1.807) is 19.1 Å². The molecule has 0 saturated heterocycles. The number of ether oxygens (including phenoxy) is 3. The Hall–Kier alpha value is -3.06. The highest BCUT2D eigenvalue weighted by Crippen LogP contribution is 2.35. The van der Waals surface area contributed by atoms with E-state index in [0.29, 0.717) is 28.9 Å². The molecule has 1 aromatic heterocycles. The number of rotatable bonds is 8. The van der Waals surface area contributed by atoms with Crippen molar-refractivity contribution >= 4 is 22.4 Å². The van der Waals surface area contributed by atoms with Gasteiger partial charge in [-0.1, -0.05) is 17.7 Å². The van der Waals surface area contributed by atoms with Crippen molar-refractivity contribution in [2.75, 3.05) is 32.3 Å². The number of carbonyl (C=O) groups excluding carboxylic acids is 1. The number of hydrogen-bond acceptors (Lipinski definition) is 6. The number of hydrogen-bond donors (Lipinski definition) is 0. The smallest absolute Gasteiger partial charge is 0.266 e. The highest BCUT2D eigenvalue weighted by Gasteiger charge is 2.20. The van der Waals surface area contributed by atoms with E-state index in [1.807, 2.05) is 61.7 Å². The fourth-order valence-corrected chi connectivity index (χ4v) is 3.71. The number of amides is 1. The van der Waals surface area contributed by atoms with Gasteiger partial charge >= 0.3 is 0 Å². The van der Waals surface area contributed by atoms with E-state index in [1.165, 1.54) is 11.3 Å². The Bertz CT molecular complexity index is 969. The molecule has 3 rings (SSSR count). The van der Waals surface area contributed by atoms with Crippen LogP contribution in [0.15, 0.2) is 47.8 Å². The van der Waals surface area contributed by atoms with Gasteiger partial charge in [-0.2, -0.15) is 0 Å². The molecule has 3 aromatic rings. The topological polar surface area (TPSA) is 60.9 Å². The van der Waals surface area contributed by atoms with Crippen LogP contribution in [-0.2, 0) is 4.79 Å². The maximum atomic E-state index is 12.7. The van der Waals surface area contributed by atoms with Crippen molar-refractivity contribution in [2.24, 2.45) is 0 Å². The average Bonchev–Trinajstić information content (AvgIpc) is 3.23. The number of aryl methyl sites for hydroxylation is 1. The molecule has 7 heteroatoms. The Morgan fingerprint density at radius 1 is 1.07 bits per heavy atom. The molecule has 2 aromatic carbocycles. The summed E-state index contributed by atoms with van der Waals surface area (Å²) in [6, 6.07) is 13.2. The molecule has 1 amide bonds. The fourth-order valence-electron chi connectivity index (χ4n) is 2.80. The summed E-state index contributed by atoms with van der Waals surface area (Å²) in [5, 5.41) is 2.52. The molecule has 0 spiro atoms. The molecule has 6 nitrogen and oxygen atoms in total. The van der Waals surface area contributed by atoms with Crippen molar-refractivity contribution in [3.63, 3.8) is 0 Å². The quantitative estimate of drug-likeness (QED) is 0.542. The molecular weight excluding hydrogens is 388 g/mol. The molecule has 0 N–H and O–H groups in total. The minimum atomic E-state index is -0.147. The van der Waals surface area contributed by atoms with Gasteiger partial charge in [-0.25, -0.2) is 4.98 Å². The summed E-state index contributed by atoms with van der Waals surface area (Å²) in [5.74, 6) is 1.93. The molecule has 0 bridgehead atoms. The Labute approximate surface area is 174 Å². The molecule has 29 heavy (non-hydrogen) atoms. The minimum Gasteiger partial charge on any atom is -0.497 e. The third-order valence-electron chi connectivity index (χ3n) is 4.41. The molecule has 0 saturated carbocycles. The van der Waals surface area contributed by atoms with E-state index >= 15 is 0 Å². The van der Waals surface area contributed by atoms with Crippen molar-refractivity contribution in [1.29, 1.82) is 0 Å². The first-order valence-electron chi connectivity index (χ1n) is 9.23. The number of thiazole rings is 1. The standard InChI is InChI=1S/C22H24N2O4S/c1-5-24(21(25)13-28-16-8-6-15(2)7-9-16)22-23-19(14-29-22)18-12-17(26-3)10-11-20(18)27-4/h6-12,14H,5,13H2,1-4H3. The molecule has 0 aliphatic carbocycles. The van der Waals surface area contributed by atoms with Gasteiger partial charge in [0.05, 0.1) is 19.9 Å². The lowest BCUT2D eigenvalue weighted by Crippen LogP contribution is -2.34. The molecule has 0 unspecified atom stereocenters. The summed E-state index contributed by atoms with van der Waals surface area (Å²) in [6.07, 6.45) is 0. The van der Waals surface area contributed by atoms with Gasteiger partial charge in [-0.3, -0.25) is 9.69 Å². The van der Waals surface area contributed by atoms with Crippen molar-refractivity contribution in [2.45, 2.75) is 13.8 Å². The molecule has 0 radical (unpaired) electrons. The molecule has 0 aliphatic rings. The van der Waals surface area contributed by atoms with Gasteiger partial charge in [0.2, 0.25) is 0 Å². The first-order chi connectivity index (χ1) is 14.0. The highest BCUT2D eigenvalue weighted by atomic mass is 32.1. The van der Waals surface area contributed by atoms with Crippen molar-refractivity contribution in [1.82, 2.24) is 4.98 Å². The molecule has 152 valence electrons. The van der Waals surface area contributed by atoms with Crippen LogP contribution in [0.25, 0.3) is 11.3 Å². The molecule has 0 aliphatic heterocycles. The molecule has 1 heterocycles. The van der Waals surface area contributed by atoms with Crippen LogP contribution in [0.4, 0.5) is 5.13 Å². The van der Waals surface area contributed by atoms with Crippen molar-refractivity contribution in [3.05, 3.63) is 53.4 Å². The van der Waals surface area contributed by atoms with Gasteiger partial charge in [0.1, 0.15) is 17.2 Å². The Morgan fingerprint density at radius 3 is 2.45 bits per heavy atom. The summed E-state index contributed by atoms with van der Waals surface area (Å²) in [6.45, 7) is 4.37. The van der Waals surface area contributed by atoms with Crippen LogP contribution in [0.5, 0.6) is 17.2 Å². The second-order valence-corrected chi connectivity index (χ2v) is 7.16. The zero-order valence-corrected chi connectivity index (χ0v) is 17.8. The van der Waals surface area contributed by atoms with Crippen LogP contribution < -0.4 is 19.1 Å². The van der Waals surface area contributed by atoms with Crippen LogP contribution in [0, 0.1) is 6.92 Å². The van der Waals surface area contributed by atoms with Gasteiger partial charge in [0.15, 0.2) is 11.7 Å². The number of nitrogens with zero attached hydrogens (tertiary/aromatic N) is 2. The zero-order chi connectivity index (χ0) is 20.8. The van der Waals surface area contributed by atoms with Crippen LogP contribution in [0.2, 0.25) is 0 Å². The largest absolute Gasteiger partial charge is 0.497 e. The van der Waals surface area contributed by atoms with E-state index < -0.39 is 0 Å². The van der Waals surface area contributed by atoms with E-state index in [2.05, 4.69) is 4.98 Å². The second-order valence-electron chi connectivity index (χ2n) is 6.32. The van der Waals surface area contributed by atoms with E-state index in [9.17, 15) is 4.79 Å². The van der Waals surface area contributed by atoms with E-state index in [4.69, 9.17) is 14.2 Å². The second kappa shape index (κ2) is 9.43. The summed E-state index contributed by atoms with van der Waals surface area (Å²) < 4.78 is 16.4. The Morgan fingerprint density at radius 2 is 1.79 bits per heavy atom. The van der Waals surface area contributed by atoms with E-state index in [-0.39, 0.29) is 12.5 Å². The monoisotopic (exact) mass is 412 g/mol. The van der Waals surface area contributed by atoms with Gasteiger partial charge in [0.25, 0.3) is 5.91 Å². The van der Waals surface area contributed by atoms with Gasteiger partial charge < -0.3 is 14.2 Å². The summed E-state index contributed by atoms with van der Waals surface area (Å²) in [4.78, 5) is 19.0. The Balaban J connectivity index is 1.76. The molecular formula is C22H24N2O4S. The van der Waals surface area contributed by atoms with Crippen molar-refractivity contribution in [3.8, 4) is 28.5 Å². The highest BCUT2D eigenvalue weighted by molar-refractivity contribution is 7.14. The van der Waals surface area contributed by atoms with Crippen LogP contribution in [-0.4, -0.2) is 38.3 Å². The first-order valence-corrected chi connectivity index (χ1v) is 10.1. The minimum absolute atomic E-state index is 0.0473. The van der Waals surface area contributed by atoms with Gasteiger partial charge in [0, 0.05) is 17.5 Å². The lowest BCUT2D eigenvalue weighted by Gasteiger charge is -2.18. The summed E-state index contributed by atoms with van der Waals surface area (Å²) >= 11 is 1.40. The zero-order valence-electron chi connectivity index (χ0n) is 17.0. The Kier molecular flexibility index (Phi) is 6.72. The number of methoxy groups -OCH3 is 2. The lowest BCUT2D eigenvalue weighted by molar-refractivity contribution is -0.120. The van der Waals surface area contributed by atoms with Gasteiger partial charge in [-0.05, 0) is 44.2 Å². The van der Waals surface area contributed by atoms with E-state index in [0.717, 1.165) is 16.8 Å². The average molecular weight is 413 g/mol. The number of anilines is 1. The van der Waals surface area contributed by atoms with Crippen molar-refractivity contribution < 1.29 is 19.0 Å². The van der Waals surface area contributed by atoms with Crippen LogP contribution in [0.3, 0.4) is 0 Å². The normalized spacial score (nSPS) is 10.5. The van der Waals surface area contributed by atoms with Crippen LogP contribution >= 0.6 is 11.3 Å². The summed E-state index contributed by atoms with van der Waals surface area (Å²) in [5.41, 5.74) is 2.68. The predicted octanol–water partition coefficient (Wildman–Crippen LogP) is 4.57. The summed E-state index contributed by atoms with van der Waals surface area (Å²) in [7, 11) is 3.23. The third-order valence-corrected chi connectivity index (χ3v) is 5.27. The number of benzene rings is 2. The molecule has 0 atom stereocenters. The molecule has 0 fully saturated rings. The number of aromatic nitrogens is 1. The SMILES string of the molecule is CCN(C(=O)COc1ccc(C)cc1)c1nc(-c2cc(OC)ccc2OC)cs1. The number of carbonyl (C=O) groups is 1. The number of likely N-dealkylation sites (N-methyl/N-ethyl adjacent to an activating group) is 1. The maximum Gasteiger partial charge on any atom is 0.266 e. The predicted molar refractivity (Wildman–Crippen MR) is 115 cm³/mol. The fraction of sp³-hybridized carbons (Fsp3) is 0.273. The third kappa shape index (κ3) is 4.86. The van der Waals surface area contributed by atoms with Gasteiger partial charge in [-0.15, -0.1) is 11.3 Å². The lowest BCUT2D eigenvalue weighted by atomic mass is 10.1. The maximum absolute atomic E-state index is 12.7. The van der Waals surface area contributed by atoms with Crippen LogP contribution in [0.1, 0.15) is 12.5 Å². The first kappa shape index (κ1) is 20.7.